The summed E-state index contributed by atoms with van der Waals surface area (Å²) in [5.74, 6) is 1.08. The molecule has 6 rings (SSSR count). The summed E-state index contributed by atoms with van der Waals surface area (Å²) in [6, 6.07) is 24.8. The van der Waals surface area contributed by atoms with Crippen molar-refractivity contribution in [3.05, 3.63) is 95.8 Å². The van der Waals surface area contributed by atoms with Crippen LogP contribution in [0.1, 0.15) is 93.6 Å². The molecule has 0 saturated carbocycles. The fourth-order valence-electron chi connectivity index (χ4n) is 5.99. The number of aliphatic hydroxyl groups excluding tert-OH is 1. The number of rotatable bonds is 9. The molecule has 3 aromatic heterocycles. The first-order valence-electron chi connectivity index (χ1n) is 17.4. The second kappa shape index (κ2) is 15.7. The number of carbonyl (C=O) groups is 1. The number of hydrogen-bond acceptors (Lipinski definition) is 6. The second-order valence-electron chi connectivity index (χ2n) is 14.5. The van der Waals surface area contributed by atoms with E-state index in [4.69, 9.17) is 4.42 Å². The Morgan fingerprint density at radius 3 is 2.20 bits per heavy atom. The molecule has 3 aromatic carbocycles. The fourth-order valence-corrected chi connectivity index (χ4v) is 6.76. The monoisotopic (exact) mass is 866 g/mol. The number of aliphatic hydroxyl groups is 1. The predicted molar refractivity (Wildman–Crippen MR) is 206 cm³/mol. The van der Waals surface area contributed by atoms with E-state index in [0.717, 1.165) is 59.0 Å². The molecule has 0 bridgehead atoms. The third-order valence-corrected chi connectivity index (χ3v) is 11.4. The molecule has 7 heteroatoms. The first-order chi connectivity index (χ1) is 23.3. The van der Waals surface area contributed by atoms with E-state index in [1.54, 1.807) is 17.7 Å². The van der Waals surface area contributed by atoms with Crippen LogP contribution in [-0.4, -0.2) is 20.9 Å². The molecular formula is C43H49IrN2O3S-. The number of aromatic nitrogens is 2. The number of allylic oxidation sites excluding steroid dienone is 2. The van der Waals surface area contributed by atoms with Gasteiger partial charge in [0.25, 0.3) is 0 Å². The van der Waals surface area contributed by atoms with E-state index in [9.17, 15) is 9.90 Å². The van der Waals surface area contributed by atoms with Crippen LogP contribution in [0, 0.1) is 16.9 Å². The van der Waals surface area contributed by atoms with Gasteiger partial charge in [-0.15, -0.1) is 40.5 Å². The quantitative estimate of drug-likeness (QED) is 0.0890. The van der Waals surface area contributed by atoms with Crippen LogP contribution in [0.3, 0.4) is 0 Å². The fraction of sp³-hybridized carbons (Fsp3) is 0.372. The van der Waals surface area contributed by atoms with Crippen molar-refractivity contribution in [3.8, 4) is 22.6 Å². The molecule has 0 fully saturated rings. The molecule has 0 aliphatic heterocycles. The largest absolute Gasteiger partial charge is 0.512 e. The Morgan fingerprint density at radius 2 is 1.54 bits per heavy atom. The van der Waals surface area contributed by atoms with Crippen molar-refractivity contribution in [3.63, 3.8) is 0 Å². The zero-order valence-electron chi connectivity index (χ0n) is 30.7. The van der Waals surface area contributed by atoms with Crippen LogP contribution in [0.25, 0.3) is 54.5 Å². The molecule has 0 spiro atoms. The maximum absolute atomic E-state index is 12.2. The molecule has 6 aromatic rings. The van der Waals surface area contributed by atoms with Crippen LogP contribution in [0.5, 0.6) is 0 Å². The predicted octanol–water partition coefficient (Wildman–Crippen LogP) is 12.7. The second-order valence-corrected chi connectivity index (χ2v) is 15.5. The molecule has 0 atom stereocenters. The van der Waals surface area contributed by atoms with Crippen LogP contribution in [0.4, 0.5) is 0 Å². The SMILES string of the molecule is CC(C)(C)c1cc(-c2ncnc3oc(-c4ccc5sccc5c4)cc23)[c-]c2ccccc12.CCC(C)(CC)C(=O)/C=C(\O)C(C)(CC)CC.[Ir]. The minimum Gasteiger partial charge on any atom is -0.512 e. The molecule has 1 N–H and O–H groups in total. The standard InChI is InChI=1S/C28H21N2OS.C15H28O2.Ir/c1-28(2,3)23-14-20(12-17-6-4-5-7-21(17)23)26-22-15-24(31-27(22)30-16-29-26)18-8-9-25-19(13-18)10-11-32-25;1-7-14(5,8-2)12(16)11-13(17)15(6,9-3)10-4;/h4-11,13-16H,1-3H3;11,16H,7-10H2,1-6H3;/q-1;;/b;12-11-;. The Hall–Kier alpha value is -3.64. The van der Waals surface area contributed by atoms with Crippen LogP contribution in [0.2, 0.25) is 0 Å². The van der Waals surface area contributed by atoms with Gasteiger partial charge >= 0.3 is 0 Å². The summed E-state index contributed by atoms with van der Waals surface area (Å²) >= 11 is 1.74. The van der Waals surface area contributed by atoms with Gasteiger partial charge in [-0.2, -0.15) is 0 Å². The maximum atomic E-state index is 12.2. The first-order valence-corrected chi connectivity index (χ1v) is 18.3. The summed E-state index contributed by atoms with van der Waals surface area (Å²) in [7, 11) is 0. The number of ketones is 1. The number of fused-ring (bicyclic) bond motifs is 3. The van der Waals surface area contributed by atoms with E-state index in [-0.39, 0.29) is 47.9 Å². The molecule has 1 radical (unpaired) electrons. The smallest absolute Gasteiger partial charge is 0.222 e. The van der Waals surface area contributed by atoms with Crippen molar-refractivity contribution < 1.29 is 34.4 Å². The summed E-state index contributed by atoms with van der Waals surface area (Å²) in [6.45, 7) is 18.8. The molecule has 0 aliphatic carbocycles. The van der Waals surface area contributed by atoms with Crippen LogP contribution in [0.15, 0.2) is 88.6 Å². The molecule has 5 nitrogen and oxygen atoms in total. The van der Waals surface area contributed by atoms with Gasteiger partial charge in [-0.25, -0.2) is 4.98 Å². The van der Waals surface area contributed by atoms with Crippen molar-refractivity contribution >= 4 is 49.1 Å². The number of carbonyl (C=O) groups excluding carboxylic acids is 1. The van der Waals surface area contributed by atoms with Gasteiger partial charge in [0.15, 0.2) is 5.78 Å². The van der Waals surface area contributed by atoms with E-state index in [0.29, 0.717) is 5.71 Å². The van der Waals surface area contributed by atoms with E-state index in [1.807, 2.05) is 41.5 Å². The van der Waals surface area contributed by atoms with E-state index < -0.39 is 0 Å². The Bertz CT molecular complexity index is 2130. The van der Waals surface area contributed by atoms with Gasteiger partial charge in [0, 0.05) is 58.4 Å². The average Bonchev–Trinajstić information content (AvgIpc) is 3.77. The number of benzene rings is 3. The number of furan rings is 1. The van der Waals surface area contributed by atoms with Crippen molar-refractivity contribution in [2.45, 2.75) is 93.4 Å². The molecular weight excluding hydrogens is 817 g/mol. The van der Waals surface area contributed by atoms with Gasteiger partial charge < -0.3 is 9.52 Å². The zero-order chi connectivity index (χ0) is 35.6. The van der Waals surface area contributed by atoms with Crippen molar-refractivity contribution in [1.82, 2.24) is 9.97 Å². The average molecular weight is 866 g/mol. The molecule has 3 heterocycles. The summed E-state index contributed by atoms with van der Waals surface area (Å²) in [6.07, 6.45) is 6.33. The van der Waals surface area contributed by atoms with E-state index >= 15 is 0 Å². The van der Waals surface area contributed by atoms with E-state index in [2.05, 4.69) is 103 Å². The zero-order valence-corrected chi connectivity index (χ0v) is 33.9. The number of thiophene rings is 1. The molecule has 50 heavy (non-hydrogen) atoms. The molecule has 0 saturated heterocycles. The topological polar surface area (TPSA) is 76.2 Å². The van der Waals surface area contributed by atoms with Gasteiger partial charge in [-0.1, -0.05) is 91.5 Å². The van der Waals surface area contributed by atoms with Crippen LogP contribution < -0.4 is 0 Å². The van der Waals surface area contributed by atoms with Gasteiger partial charge in [-0.3, -0.25) is 9.78 Å². The number of hydrogen-bond donors (Lipinski definition) is 1. The first kappa shape index (κ1) is 39.2. The molecule has 0 amide bonds. The summed E-state index contributed by atoms with van der Waals surface area (Å²) in [5, 5.41) is 16.7. The Balaban J connectivity index is 0.000000269. The third kappa shape index (κ3) is 7.96. The van der Waals surface area contributed by atoms with Gasteiger partial charge in [0.1, 0.15) is 17.8 Å². The summed E-state index contributed by atoms with van der Waals surface area (Å²) in [5.41, 5.74) is 4.11. The van der Waals surface area contributed by atoms with Gasteiger partial charge in [0.05, 0.1) is 0 Å². The van der Waals surface area contributed by atoms with E-state index in [1.165, 1.54) is 27.1 Å². The molecule has 0 aliphatic rings. The third-order valence-electron chi connectivity index (χ3n) is 10.5. The van der Waals surface area contributed by atoms with Crippen LogP contribution >= 0.6 is 11.3 Å². The Labute approximate surface area is 314 Å². The summed E-state index contributed by atoms with van der Waals surface area (Å²) < 4.78 is 7.43. The molecule has 265 valence electrons. The van der Waals surface area contributed by atoms with Gasteiger partial charge in [0.2, 0.25) is 5.71 Å². The minimum absolute atomic E-state index is 0. The summed E-state index contributed by atoms with van der Waals surface area (Å²) in [4.78, 5) is 21.2. The van der Waals surface area contributed by atoms with Crippen LogP contribution in [-0.2, 0) is 30.3 Å². The Kier molecular flexibility index (Phi) is 12.3. The normalized spacial score (nSPS) is 12.5. The minimum atomic E-state index is -0.337. The van der Waals surface area contributed by atoms with Crippen molar-refractivity contribution in [1.29, 1.82) is 0 Å². The van der Waals surface area contributed by atoms with Crippen molar-refractivity contribution in [2.75, 3.05) is 0 Å². The van der Waals surface area contributed by atoms with Gasteiger partial charge in [-0.05, 0) is 72.2 Å². The number of nitrogens with zero attached hydrogens (tertiary/aromatic N) is 2. The molecule has 0 unspecified atom stereocenters. The maximum Gasteiger partial charge on any atom is 0.222 e. The Morgan fingerprint density at radius 1 is 0.860 bits per heavy atom. The van der Waals surface area contributed by atoms with Crippen molar-refractivity contribution in [2.24, 2.45) is 10.8 Å².